The Bertz CT molecular complexity index is 439. The van der Waals surface area contributed by atoms with E-state index < -0.39 is 0 Å². The van der Waals surface area contributed by atoms with Crippen molar-refractivity contribution in [1.82, 2.24) is 4.90 Å². The van der Waals surface area contributed by atoms with Gasteiger partial charge in [0.25, 0.3) is 0 Å². The molecule has 0 aromatic rings. The minimum absolute atomic E-state index is 0.0837. The van der Waals surface area contributed by atoms with Crippen LogP contribution in [0.4, 0.5) is 0 Å². The van der Waals surface area contributed by atoms with Gasteiger partial charge in [0.2, 0.25) is 0 Å². The second kappa shape index (κ2) is 23.1. The number of ether oxygens (including phenoxy) is 1. The number of carbonyl (C=O) groups is 1. The number of hydrogen-bond acceptors (Lipinski definition) is 3. The predicted molar refractivity (Wildman–Crippen MR) is 149 cm³/mol. The van der Waals surface area contributed by atoms with Crippen molar-refractivity contribution in [3.05, 3.63) is 0 Å². The van der Waals surface area contributed by atoms with E-state index in [-0.39, 0.29) is 11.9 Å². The zero-order chi connectivity index (χ0) is 24.7. The van der Waals surface area contributed by atoms with Crippen molar-refractivity contribution in [3.63, 3.8) is 0 Å². The van der Waals surface area contributed by atoms with Crippen molar-refractivity contribution in [2.45, 2.75) is 155 Å². The zero-order valence-electron chi connectivity index (χ0n) is 23.0. The number of halogens is 1. The van der Waals surface area contributed by atoms with E-state index >= 15 is 0 Å². The second-order valence-electron chi connectivity index (χ2n) is 10.7. The van der Waals surface area contributed by atoms with Crippen molar-refractivity contribution in [2.24, 2.45) is 5.92 Å². The molecule has 202 valence electrons. The first-order chi connectivity index (χ1) is 16.7. The van der Waals surface area contributed by atoms with Gasteiger partial charge in [0.05, 0.1) is 12.5 Å². The van der Waals surface area contributed by atoms with Crippen LogP contribution in [0.2, 0.25) is 0 Å². The van der Waals surface area contributed by atoms with Crippen LogP contribution in [-0.2, 0) is 9.53 Å². The minimum Gasteiger partial charge on any atom is -0.465 e. The van der Waals surface area contributed by atoms with Gasteiger partial charge in [-0.05, 0) is 45.1 Å². The predicted octanol–water partition coefficient (Wildman–Crippen LogP) is 9.30. The highest BCUT2D eigenvalue weighted by Gasteiger charge is 2.23. The number of unbranched alkanes of at least 4 members (excludes halogenated alkanes) is 13. The summed E-state index contributed by atoms with van der Waals surface area (Å²) >= 11 is 5.99. The van der Waals surface area contributed by atoms with Crippen LogP contribution in [0.15, 0.2) is 0 Å². The fourth-order valence-electron chi connectivity index (χ4n) is 5.12. The highest BCUT2D eigenvalue weighted by molar-refractivity contribution is 6.18. The number of rotatable bonds is 25. The largest absolute Gasteiger partial charge is 0.465 e. The maximum Gasteiger partial charge on any atom is 0.308 e. The van der Waals surface area contributed by atoms with Crippen LogP contribution in [0.25, 0.3) is 0 Å². The Morgan fingerprint density at radius 2 is 1.29 bits per heavy atom. The van der Waals surface area contributed by atoms with Gasteiger partial charge >= 0.3 is 5.97 Å². The normalized spacial score (nSPS) is 14.1. The van der Waals surface area contributed by atoms with E-state index in [1.54, 1.807) is 0 Å². The molecule has 0 heterocycles. The Kier molecular flexibility index (Phi) is 21.6. The minimum atomic E-state index is 0.0837. The third-order valence-corrected chi connectivity index (χ3v) is 7.86. The summed E-state index contributed by atoms with van der Waals surface area (Å²) in [5.74, 6) is 0.954. The molecular weight excluding hydrogens is 442 g/mol. The first-order valence-corrected chi connectivity index (χ1v) is 15.7. The van der Waals surface area contributed by atoms with E-state index in [1.807, 2.05) is 0 Å². The van der Waals surface area contributed by atoms with Crippen molar-refractivity contribution < 1.29 is 9.53 Å². The molecule has 0 N–H and O–H groups in total. The fraction of sp³-hybridized carbons (Fsp3) is 0.967. The molecule has 3 nitrogen and oxygen atoms in total. The van der Waals surface area contributed by atoms with Crippen LogP contribution >= 0.6 is 11.6 Å². The zero-order valence-corrected chi connectivity index (χ0v) is 23.7. The van der Waals surface area contributed by atoms with E-state index in [4.69, 9.17) is 16.3 Å². The van der Waals surface area contributed by atoms with Gasteiger partial charge in [-0.2, -0.15) is 0 Å². The average molecular weight is 500 g/mol. The lowest BCUT2D eigenvalue weighted by atomic mass is 9.91. The molecule has 1 aliphatic rings. The molecule has 0 aliphatic heterocycles. The van der Waals surface area contributed by atoms with E-state index in [2.05, 4.69) is 18.7 Å². The molecule has 1 aliphatic carbocycles. The molecule has 0 bridgehead atoms. The third-order valence-electron chi connectivity index (χ3n) is 7.69. The Morgan fingerprint density at radius 1 is 0.765 bits per heavy atom. The van der Waals surface area contributed by atoms with Crippen molar-refractivity contribution in [1.29, 1.82) is 0 Å². The van der Waals surface area contributed by atoms with Gasteiger partial charge in [-0.3, -0.25) is 9.69 Å². The van der Waals surface area contributed by atoms with Gasteiger partial charge in [0.1, 0.15) is 0 Å². The van der Waals surface area contributed by atoms with Crippen LogP contribution in [0, 0.1) is 5.92 Å². The molecule has 0 unspecified atom stereocenters. The Morgan fingerprint density at radius 3 is 1.82 bits per heavy atom. The number of carbonyl (C=O) groups excluding carboxylic acids is 1. The topological polar surface area (TPSA) is 29.5 Å². The summed E-state index contributed by atoms with van der Waals surface area (Å²) in [6.45, 7) is 7.34. The molecule has 1 fully saturated rings. The van der Waals surface area contributed by atoms with E-state index in [1.165, 1.54) is 116 Å². The van der Waals surface area contributed by atoms with Crippen LogP contribution in [-0.4, -0.2) is 42.5 Å². The standard InChI is InChI=1S/C30H58ClNO2/c1-3-5-7-9-11-15-20-28(21-16-12-10-8-6-4-2)30(33)34-27-18-14-13-17-25-32(26-24-31)29-22-19-23-29/h28-29H,3-27H2,1-2H3. The Hall–Kier alpha value is -0.280. The summed E-state index contributed by atoms with van der Waals surface area (Å²) in [7, 11) is 0. The molecule has 0 spiro atoms. The van der Waals surface area contributed by atoms with E-state index in [0.717, 1.165) is 44.1 Å². The second-order valence-corrected chi connectivity index (χ2v) is 11.1. The molecule has 1 rings (SSSR count). The average Bonchev–Trinajstić information content (AvgIpc) is 2.80. The van der Waals surface area contributed by atoms with Gasteiger partial charge < -0.3 is 4.74 Å². The molecule has 0 amide bonds. The lowest BCUT2D eigenvalue weighted by Crippen LogP contribution is -2.41. The van der Waals surface area contributed by atoms with Crippen molar-refractivity contribution in [2.75, 3.05) is 25.6 Å². The van der Waals surface area contributed by atoms with Crippen LogP contribution < -0.4 is 0 Å². The molecule has 4 heteroatoms. The van der Waals surface area contributed by atoms with Crippen LogP contribution in [0.5, 0.6) is 0 Å². The molecule has 1 saturated carbocycles. The molecular formula is C30H58ClNO2. The SMILES string of the molecule is CCCCCCCCC(CCCCCCCC)C(=O)OCCCCCCN(CCCl)C1CCC1. The summed E-state index contributed by atoms with van der Waals surface area (Å²) in [6, 6.07) is 0.787. The highest BCUT2D eigenvalue weighted by Crippen LogP contribution is 2.25. The monoisotopic (exact) mass is 499 g/mol. The van der Waals surface area contributed by atoms with Crippen LogP contribution in [0.1, 0.15) is 149 Å². The maximum absolute atomic E-state index is 12.8. The molecule has 34 heavy (non-hydrogen) atoms. The molecule has 0 saturated heterocycles. The molecule has 0 aromatic carbocycles. The summed E-state index contributed by atoms with van der Waals surface area (Å²) in [4.78, 5) is 15.4. The molecule has 0 radical (unpaired) electrons. The Balaban J connectivity index is 2.18. The molecule has 0 atom stereocenters. The number of nitrogens with zero attached hydrogens (tertiary/aromatic N) is 1. The quantitative estimate of drug-likeness (QED) is 0.0711. The van der Waals surface area contributed by atoms with Crippen molar-refractivity contribution in [3.8, 4) is 0 Å². The van der Waals surface area contributed by atoms with Gasteiger partial charge in [-0.25, -0.2) is 0 Å². The highest BCUT2D eigenvalue weighted by atomic mass is 35.5. The summed E-state index contributed by atoms with van der Waals surface area (Å²) in [5, 5.41) is 0. The van der Waals surface area contributed by atoms with Crippen molar-refractivity contribution >= 4 is 17.6 Å². The van der Waals surface area contributed by atoms with E-state index in [9.17, 15) is 4.79 Å². The lowest BCUT2D eigenvalue weighted by Gasteiger charge is -2.37. The summed E-state index contributed by atoms with van der Waals surface area (Å²) < 4.78 is 5.76. The lowest BCUT2D eigenvalue weighted by molar-refractivity contribution is -0.149. The van der Waals surface area contributed by atoms with E-state index in [0.29, 0.717) is 6.61 Å². The summed E-state index contributed by atoms with van der Waals surface area (Å²) in [5.41, 5.74) is 0. The first-order valence-electron chi connectivity index (χ1n) is 15.2. The fourth-order valence-corrected chi connectivity index (χ4v) is 5.34. The van der Waals surface area contributed by atoms with Crippen LogP contribution in [0.3, 0.4) is 0 Å². The number of alkyl halides is 1. The third kappa shape index (κ3) is 16.4. The smallest absolute Gasteiger partial charge is 0.308 e. The first kappa shape index (κ1) is 31.7. The molecule has 0 aromatic heterocycles. The summed E-state index contributed by atoms with van der Waals surface area (Å²) in [6.07, 6.45) is 26.2. The number of esters is 1. The van der Waals surface area contributed by atoms with Gasteiger partial charge in [-0.1, -0.05) is 110 Å². The van der Waals surface area contributed by atoms with Gasteiger partial charge in [0.15, 0.2) is 0 Å². The Labute approximate surface area is 218 Å². The van der Waals surface area contributed by atoms with Gasteiger partial charge in [-0.15, -0.1) is 11.6 Å². The number of hydrogen-bond donors (Lipinski definition) is 0. The van der Waals surface area contributed by atoms with Gasteiger partial charge in [0, 0.05) is 18.5 Å². The maximum atomic E-state index is 12.8.